The number of allylic oxidation sites excluding steroid dienone is 10. The predicted octanol–water partition coefficient (Wildman–Crippen LogP) is 3.43. The lowest BCUT2D eigenvalue weighted by Gasteiger charge is -1.79. The van der Waals surface area contributed by atoms with Gasteiger partial charge in [-0.3, -0.25) is 4.79 Å². The van der Waals surface area contributed by atoms with Gasteiger partial charge in [-0.2, -0.15) is 0 Å². The Kier molecular flexibility index (Phi) is 9.55. The normalized spacial score (nSPS) is 12.8. The fraction of sp³-hybridized carbons (Fsp3) is 0.0714. The van der Waals surface area contributed by atoms with Gasteiger partial charge in [0.05, 0.1) is 6.42 Å². The van der Waals surface area contributed by atoms with Crippen LogP contribution in [0.15, 0.2) is 73.4 Å². The third kappa shape index (κ3) is 11.9. The number of hydrogen-bond acceptors (Lipinski definition) is 1. The molecule has 2 heteroatoms. The molecule has 2 nitrogen and oxygen atoms in total. The highest BCUT2D eigenvalue weighted by Gasteiger charge is 1.86. The zero-order valence-electron chi connectivity index (χ0n) is 9.12. The van der Waals surface area contributed by atoms with E-state index in [4.69, 9.17) is 5.11 Å². The summed E-state index contributed by atoms with van der Waals surface area (Å²) in [6.07, 6.45) is 19.9. The first-order chi connectivity index (χ1) is 7.77. The predicted molar refractivity (Wildman–Crippen MR) is 68.1 cm³/mol. The fourth-order valence-electron chi connectivity index (χ4n) is 0.775. The summed E-state index contributed by atoms with van der Waals surface area (Å²) >= 11 is 0. The van der Waals surface area contributed by atoms with Gasteiger partial charge in [0.15, 0.2) is 0 Å². The molecule has 0 saturated carbocycles. The number of hydrogen-bond donors (Lipinski definition) is 1. The third-order valence-electron chi connectivity index (χ3n) is 1.45. The second-order valence-electron chi connectivity index (χ2n) is 2.80. The molecule has 0 saturated heterocycles. The van der Waals surface area contributed by atoms with E-state index in [1.165, 1.54) is 0 Å². The molecule has 1 N–H and O–H groups in total. The van der Waals surface area contributed by atoms with Crippen LogP contribution >= 0.6 is 0 Å². The molecule has 0 atom stereocenters. The minimum Gasteiger partial charge on any atom is -0.481 e. The molecule has 0 fully saturated rings. The molecule has 0 rings (SSSR count). The van der Waals surface area contributed by atoms with Gasteiger partial charge in [0.1, 0.15) is 0 Å². The lowest BCUT2D eigenvalue weighted by molar-refractivity contribution is -0.135. The zero-order valence-corrected chi connectivity index (χ0v) is 9.12. The van der Waals surface area contributed by atoms with Crippen LogP contribution in [0, 0.1) is 0 Å². The molecule has 0 aromatic carbocycles. The van der Waals surface area contributed by atoms with Gasteiger partial charge in [0.25, 0.3) is 0 Å². The SMILES string of the molecule is C=C/C=C/C=C/C=C/C=C/C=C/CC(=O)O. The van der Waals surface area contributed by atoms with Gasteiger partial charge in [-0.05, 0) is 0 Å². The number of carboxylic acid groups (broad SMARTS) is 1. The molecule has 0 radical (unpaired) electrons. The van der Waals surface area contributed by atoms with E-state index in [1.54, 1.807) is 24.3 Å². The minimum atomic E-state index is -0.822. The van der Waals surface area contributed by atoms with Crippen molar-refractivity contribution in [2.45, 2.75) is 6.42 Å². The Morgan fingerprint density at radius 2 is 1.31 bits per heavy atom. The first kappa shape index (κ1) is 13.9. The Morgan fingerprint density at radius 3 is 1.75 bits per heavy atom. The lowest BCUT2D eigenvalue weighted by Crippen LogP contribution is -1.89. The molecule has 0 heterocycles. The maximum atomic E-state index is 10.1. The second kappa shape index (κ2) is 11.0. The van der Waals surface area contributed by atoms with Crippen molar-refractivity contribution >= 4 is 5.97 Å². The average molecular weight is 216 g/mol. The Hall–Kier alpha value is -2.09. The summed E-state index contributed by atoms with van der Waals surface area (Å²) < 4.78 is 0. The number of carbonyl (C=O) groups is 1. The van der Waals surface area contributed by atoms with Gasteiger partial charge in [-0.25, -0.2) is 0 Å². The van der Waals surface area contributed by atoms with Crippen LogP contribution in [0.4, 0.5) is 0 Å². The molecule has 16 heavy (non-hydrogen) atoms. The van der Waals surface area contributed by atoms with Crippen molar-refractivity contribution in [2.24, 2.45) is 0 Å². The molecule has 0 aliphatic carbocycles. The summed E-state index contributed by atoms with van der Waals surface area (Å²) in [6, 6.07) is 0. The maximum Gasteiger partial charge on any atom is 0.307 e. The van der Waals surface area contributed by atoms with Crippen LogP contribution in [0.5, 0.6) is 0 Å². The molecule has 0 aliphatic heterocycles. The fourth-order valence-corrected chi connectivity index (χ4v) is 0.775. The first-order valence-corrected chi connectivity index (χ1v) is 4.93. The van der Waals surface area contributed by atoms with E-state index in [9.17, 15) is 4.79 Å². The molecule has 0 unspecified atom stereocenters. The van der Waals surface area contributed by atoms with Crippen LogP contribution in [0.25, 0.3) is 0 Å². The number of carboxylic acids is 1. The molecule has 0 aliphatic rings. The van der Waals surface area contributed by atoms with Gasteiger partial charge >= 0.3 is 5.97 Å². The lowest BCUT2D eigenvalue weighted by atomic mass is 10.3. The summed E-state index contributed by atoms with van der Waals surface area (Å²) in [6.45, 7) is 3.55. The standard InChI is InChI=1S/C14H16O2/c1-2-3-4-5-6-7-8-9-10-11-12-13-14(15)16/h2-12H,1,13H2,(H,15,16)/b4-3+,6-5+,8-7+,10-9+,12-11+. The quantitative estimate of drug-likeness (QED) is 0.662. The second-order valence-corrected chi connectivity index (χ2v) is 2.80. The highest BCUT2D eigenvalue weighted by atomic mass is 16.4. The molecule has 0 aromatic rings. The molecule has 0 amide bonds. The molecule has 84 valence electrons. The van der Waals surface area contributed by atoms with Gasteiger partial charge in [-0.1, -0.05) is 73.4 Å². The van der Waals surface area contributed by atoms with E-state index in [-0.39, 0.29) is 6.42 Å². The highest BCUT2D eigenvalue weighted by molar-refractivity contribution is 5.68. The van der Waals surface area contributed by atoms with Crippen LogP contribution in [0.3, 0.4) is 0 Å². The molecular formula is C14H16O2. The van der Waals surface area contributed by atoms with Gasteiger partial charge < -0.3 is 5.11 Å². The summed E-state index contributed by atoms with van der Waals surface area (Å²) in [5.41, 5.74) is 0. The van der Waals surface area contributed by atoms with E-state index in [0.717, 1.165) is 0 Å². The van der Waals surface area contributed by atoms with Gasteiger partial charge in [-0.15, -0.1) is 0 Å². The molecule has 0 aromatic heterocycles. The van der Waals surface area contributed by atoms with E-state index in [2.05, 4.69) is 6.58 Å². The van der Waals surface area contributed by atoms with E-state index in [1.807, 2.05) is 42.5 Å². The van der Waals surface area contributed by atoms with Crippen LogP contribution in [-0.2, 0) is 4.79 Å². The molecule has 0 bridgehead atoms. The smallest absolute Gasteiger partial charge is 0.307 e. The summed E-state index contributed by atoms with van der Waals surface area (Å²) in [5.74, 6) is -0.822. The topological polar surface area (TPSA) is 37.3 Å². The van der Waals surface area contributed by atoms with Crippen molar-refractivity contribution in [3.8, 4) is 0 Å². The van der Waals surface area contributed by atoms with Gasteiger partial charge in [0, 0.05) is 0 Å². The van der Waals surface area contributed by atoms with Crippen molar-refractivity contribution in [3.05, 3.63) is 73.4 Å². The minimum absolute atomic E-state index is 0.0559. The number of rotatable bonds is 7. The van der Waals surface area contributed by atoms with Crippen molar-refractivity contribution in [2.75, 3.05) is 0 Å². The van der Waals surface area contributed by atoms with Crippen molar-refractivity contribution in [1.82, 2.24) is 0 Å². The van der Waals surface area contributed by atoms with Crippen LogP contribution in [0.1, 0.15) is 6.42 Å². The Morgan fingerprint density at radius 1 is 0.875 bits per heavy atom. The Labute approximate surface area is 96.3 Å². The summed E-state index contributed by atoms with van der Waals surface area (Å²) in [4.78, 5) is 10.1. The summed E-state index contributed by atoms with van der Waals surface area (Å²) in [5, 5.41) is 8.35. The van der Waals surface area contributed by atoms with E-state index in [0.29, 0.717) is 0 Å². The van der Waals surface area contributed by atoms with Gasteiger partial charge in [0.2, 0.25) is 0 Å². The van der Waals surface area contributed by atoms with E-state index >= 15 is 0 Å². The van der Waals surface area contributed by atoms with Crippen molar-refractivity contribution in [1.29, 1.82) is 0 Å². The average Bonchev–Trinajstić information content (AvgIpc) is 2.25. The molecular weight excluding hydrogens is 200 g/mol. The Balaban J connectivity index is 3.74. The third-order valence-corrected chi connectivity index (χ3v) is 1.45. The molecule has 0 spiro atoms. The zero-order chi connectivity index (χ0) is 12.1. The monoisotopic (exact) mass is 216 g/mol. The van der Waals surface area contributed by atoms with Crippen LogP contribution < -0.4 is 0 Å². The van der Waals surface area contributed by atoms with Crippen LogP contribution in [0.2, 0.25) is 0 Å². The van der Waals surface area contributed by atoms with Crippen molar-refractivity contribution in [3.63, 3.8) is 0 Å². The highest BCUT2D eigenvalue weighted by Crippen LogP contribution is 1.86. The maximum absolute atomic E-state index is 10.1. The largest absolute Gasteiger partial charge is 0.481 e. The van der Waals surface area contributed by atoms with Crippen molar-refractivity contribution < 1.29 is 9.90 Å². The number of aliphatic carboxylic acids is 1. The van der Waals surface area contributed by atoms with E-state index < -0.39 is 5.97 Å². The Bertz CT molecular complexity index is 342. The van der Waals surface area contributed by atoms with Crippen LogP contribution in [-0.4, -0.2) is 11.1 Å². The first-order valence-electron chi connectivity index (χ1n) is 4.93. The summed E-state index contributed by atoms with van der Waals surface area (Å²) in [7, 11) is 0.